The lowest BCUT2D eigenvalue weighted by molar-refractivity contribution is 0.628. The topological polar surface area (TPSA) is 45.8 Å². The third kappa shape index (κ3) is 2.55. The van der Waals surface area contributed by atoms with Crippen molar-refractivity contribution in [1.29, 1.82) is 5.26 Å². The van der Waals surface area contributed by atoms with E-state index in [1.807, 2.05) is 13.0 Å². The minimum Gasteiger partial charge on any atom is -0.308 e. The van der Waals surface area contributed by atoms with Crippen LogP contribution >= 0.6 is 0 Å². The van der Waals surface area contributed by atoms with Crippen LogP contribution in [0.15, 0.2) is 41.2 Å². The van der Waals surface area contributed by atoms with E-state index in [0.717, 1.165) is 11.3 Å². The molecule has 0 unspecified atom stereocenters. The van der Waals surface area contributed by atoms with Gasteiger partial charge in [0.15, 0.2) is 0 Å². The van der Waals surface area contributed by atoms with Gasteiger partial charge in [0, 0.05) is 12.1 Å². The van der Waals surface area contributed by atoms with E-state index in [1.165, 1.54) is 12.1 Å². The second-order valence-corrected chi connectivity index (χ2v) is 4.14. The van der Waals surface area contributed by atoms with E-state index >= 15 is 0 Å². The Morgan fingerprint density at radius 3 is 2.47 bits per heavy atom. The molecule has 2 aromatic rings. The Balaban J connectivity index is 2.59. The number of nitriles is 1. The third-order valence-electron chi connectivity index (χ3n) is 2.98. The molecule has 1 heterocycles. The fourth-order valence-electron chi connectivity index (χ4n) is 2.03. The zero-order valence-corrected chi connectivity index (χ0v) is 10.6. The summed E-state index contributed by atoms with van der Waals surface area (Å²) in [6.45, 7) is 2.37. The molecule has 0 saturated heterocycles. The molecule has 0 bridgehead atoms. The van der Waals surface area contributed by atoms with Gasteiger partial charge >= 0.3 is 0 Å². The third-order valence-corrected chi connectivity index (χ3v) is 2.98. The monoisotopic (exact) mass is 256 g/mol. The zero-order chi connectivity index (χ0) is 13.8. The highest BCUT2D eigenvalue weighted by Gasteiger charge is 2.09. The first-order valence-corrected chi connectivity index (χ1v) is 6.03. The predicted molar refractivity (Wildman–Crippen MR) is 71.1 cm³/mol. The fourth-order valence-corrected chi connectivity index (χ4v) is 2.03. The van der Waals surface area contributed by atoms with Crippen LogP contribution in [-0.2, 0) is 13.0 Å². The van der Waals surface area contributed by atoms with Crippen LogP contribution in [0.1, 0.15) is 12.5 Å². The lowest BCUT2D eigenvalue weighted by Gasteiger charge is -2.12. The Hall–Kier alpha value is -2.41. The summed E-state index contributed by atoms with van der Waals surface area (Å²) in [4.78, 5) is 12.2. The van der Waals surface area contributed by atoms with Gasteiger partial charge in [-0.2, -0.15) is 5.26 Å². The van der Waals surface area contributed by atoms with Crippen molar-refractivity contribution in [2.75, 3.05) is 0 Å². The summed E-state index contributed by atoms with van der Waals surface area (Å²) in [5, 5.41) is 8.68. The molecule has 0 aliphatic carbocycles. The molecule has 0 fully saturated rings. The number of hydrogen-bond donors (Lipinski definition) is 0. The second-order valence-electron chi connectivity index (χ2n) is 4.14. The van der Waals surface area contributed by atoms with Crippen LogP contribution in [0.3, 0.4) is 0 Å². The fraction of sp³-hybridized carbons (Fsp3) is 0.200. The Morgan fingerprint density at radius 2 is 1.89 bits per heavy atom. The maximum absolute atomic E-state index is 12.9. The zero-order valence-electron chi connectivity index (χ0n) is 10.6. The summed E-state index contributed by atoms with van der Waals surface area (Å²) in [6.07, 6.45) is 0.0997. The van der Waals surface area contributed by atoms with Crippen LogP contribution in [0.2, 0.25) is 0 Å². The Kier molecular flexibility index (Phi) is 3.76. The normalized spacial score (nSPS) is 10.2. The van der Waals surface area contributed by atoms with Gasteiger partial charge in [0.25, 0.3) is 5.56 Å². The molecule has 4 heteroatoms. The molecular weight excluding hydrogens is 243 g/mol. The molecule has 0 atom stereocenters. The van der Waals surface area contributed by atoms with Crippen molar-refractivity contribution in [1.82, 2.24) is 4.57 Å². The number of halogens is 1. The van der Waals surface area contributed by atoms with Gasteiger partial charge in [-0.1, -0.05) is 6.07 Å². The Bertz CT molecular complexity index is 681. The van der Waals surface area contributed by atoms with Crippen LogP contribution in [-0.4, -0.2) is 4.57 Å². The summed E-state index contributed by atoms with van der Waals surface area (Å²) in [7, 11) is 0. The highest BCUT2D eigenvalue weighted by atomic mass is 19.1. The lowest BCUT2D eigenvalue weighted by atomic mass is 10.1. The molecule has 1 aromatic heterocycles. The van der Waals surface area contributed by atoms with Crippen molar-refractivity contribution in [3.8, 4) is 17.3 Å². The molecule has 3 nitrogen and oxygen atoms in total. The van der Waals surface area contributed by atoms with Gasteiger partial charge in [-0.05, 0) is 42.8 Å². The van der Waals surface area contributed by atoms with Gasteiger partial charge in [-0.15, -0.1) is 0 Å². The van der Waals surface area contributed by atoms with Crippen LogP contribution < -0.4 is 5.56 Å². The van der Waals surface area contributed by atoms with Gasteiger partial charge in [-0.25, -0.2) is 4.39 Å². The van der Waals surface area contributed by atoms with Crippen molar-refractivity contribution < 1.29 is 4.39 Å². The first-order valence-electron chi connectivity index (χ1n) is 6.03. The minimum absolute atomic E-state index is 0.0997. The highest BCUT2D eigenvalue weighted by molar-refractivity contribution is 5.59. The van der Waals surface area contributed by atoms with Gasteiger partial charge < -0.3 is 4.57 Å². The molecule has 0 N–H and O–H groups in total. The summed E-state index contributed by atoms with van der Waals surface area (Å²) in [5.74, 6) is -0.310. The van der Waals surface area contributed by atoms with E-state index in [4.69, 9.17) is 5.26 Å². The van der Waals surface area contributed by atoms with Crippen LogP contribution in [0, 0.1) is 17.1 Å². The number of rotatable bonds is 3. The number of nitrogens with zero attached hydrogens (tertiary/aromatic N) is 2. The number of pyridine rings is 1. The maximum atomic E-state index is 12.9. The molecule has 2 rings (SSSR count). The van der Waals surface area contributed by atoms with E-state index in [0.29, 0.717) is 12.1 Å². The molecule has 19 heavy (non-hydrogen) atoms. The predicted octanol–water partition coefficient (Wildman–Crippen LogP) is 2.74. The van der Waals surface area contributed by atoms with E-state index in [1.54, 1.807) is 28.8 Å². The molecule has 0 saturated carbocycles. The summed E-state index contributed by atoms with van der Waals surface area (Å²) < 4.78 is 14.5. The molecule has 1 aromatic carbocycles. The van der Waals surface area contributed by atoms with Crippen molar-refractivity contribution >= 4 is 0 Å². The first kappa shape index (κ1) is 13.0. The molecule has 0 aliphatic rings. The number of hydrogen-bond acceptors (Lipinski definition) is 2. The van der Waals surface area contributed by atoms with E-state index in [-0.39, 0.29) is 17.8 Å². The van der Waals surface area contributed by atoms with Crippen molar-refractivity contribution in [3.63, 3.8) is 0 Å². The maximum Gasteiger partial charge on any atom is 0.255 e. The van der Waals surface area contributed by atoms with Crippen LogP contribution in [0.5, 0.6) is 0 Å². The van der Waals surface area contributed by atoms with Gasteiger partial charge in [-0.3, -0.25) is 4.79 Å². The van der Waals surface area contributed by atoms with Crippen LogP contribution in [0.25, 0.3) is 11.3 Å². The number of benzene rings is 1. The average molecular weight is 256 g/mol. The van der Waals surface area contributed by atoms with E-state index in [9.17, 15) is 9.18 Å². The van der Waals surface area contributed by atoms with E-state index < -0.39 is 0 Å². The quantitative estimate of drug-likeness (QED) is 0.847. The van der Waals surface area contributed by atoms with Gasteiger partial charge in [0.05, 0.1) is 18.2 Å². The molecular formula is C15H13FN2O. The van der Waals surface area contributed by atoms with Crippen molar-refractivity contribution in [2.24, 2.45) is 0 Å². The lowest BCUT2D eigenvalue weighted by Crippen LogP contribution is -2.24. The molecule has 96 valence electrons. The highest BCUT2D eigenvalue weighted by Crippen LogP contribution is 2.18. The molecule has 0 aliphatic heterocycles. The van der Waals surface area contributed by atoms with E-state index in [2.05, 4.69) is 0 Å². The summed E-state index contributed by atoms with van der Waals surface area (Å²) in [5.41, 5.74) is 1.83. The van der Waals surface area contributed by atoms with Crippen LogP contribution in [0.4, 0.5) is 4.39 Å². The largest absolute Gasteiger partial charge is 0.308 e. The Labute approximate surface area is 110 Å². The molecule has 0 spiro atoms. The summed E-state index contributed by atoms with van der Waals surface area (Å²) >= 11 is 0. The molecule has 0 radical (unpaired) electrons. The standard InChI is InChI=1S/C15H13FN2O/c1-2-18-14(11-3-6-13(16)7-4-11)8-5-12(9-10-17)15(18)19/h3-8H,2,9H2,1H3. The van der Waals surface area contributed by atoms with Gasteiger partial charge in [0.2, 0.25) is 0 Å². The first-order chi connectivity index (χ1) is 9.17. The van der Waals surface area contributed by atoms with Crippen molar-refractivity contribution in [2.45, 2.75) is 19.9 Å². The SMILES string of the molecule is CCn1c(-c2ccc(F)cc2)ccc(CC#N)c1=O. The second kappa shape index (κ2) is 5.49. The number of aromatic nitrogens is 1. The Morgan fingerprint density at radius 1 is 1.21 bits per heavy atom. The smallest absolute Gasteiger partial charge is 0.255 e. The van der Waals surface area contributed by atoms with Gasteiger partial charge in [0.1, 0.15) is 5.82 Å². The average Bonchev–Trinajstić information content (AvgIpc) is 2.42. The minimum atomic E-state index is -0.310. The molecule has 0 amide bonds. The summed E-state index contributed by atoms with van der Waals surface area (Å²) in [6, 6.07) is 11.4. The van der Waals surface area contributed by atoms with Crippen molar-refractivity contribution in [3.05, 3.63) is 58.1 Å².